The monoisotopic (exact) mass is 196 g/mol. The third kappa shape index (κ3) is 147. The third-order valence-electron chi connectivity index (χ3n) is 0. The Kier molecular flexibility index (Phi) is 24.0. The summed E-state index contributed by atoms with van der Waals surface area (Å²) < 4.78 is 8.88. The second-order valence-electron chi connectivity index (χ2n) is 0.513. The Labute approximate surface area is 74.9 Å². The fourth-order valence-electron chi connectivity index (χ4n) is 0. The number of halogens is 2. The second-order valence-corrected chi connectivity index (χ2v) is 1.54. The topological polar surface area (TPSA) is 77.8 Å². The van der Waals surface area contributed by atoms with E-state index in [-0.39, 0.29) is 47.9 Å². The van der Waals surface area contributed by atoms with Crippen LogP contribution < -0.4 is 0 Å². The highest BCUT2D eigenvalue weighted by atomic mass is 35.5. The first-order valence-electron chi connectivity index (χ1n) is 0.783. The first-order chi connectivity index (χ1) is 2.00. The van der Waals surface area contributed by atoms with Crippen molar-refractivity contribution in [3.8, 4) is 0 Å². The summed E-state index contributed by atoms with van der Waals surface area (Å²) >= 11 is 0. The Hall–Kier alpha value is 1.46. The van der Waals surface area contributed by atoms with Crippen LogP contribution in [0.15, 0.2) is 0 Å². The Balaban J connectivity index is -0.0000000267. The van der Waals surface area contributed by atoms with Crippen LogP contribution in [0.5, 0.6) is 0 Å². The van der Waals surface area contributed by atoms with Gasteiger partial charge in [-0.1, -0.05) is 0 Å². The highest BCUT2D eigenvalue weighted by Gasteiger charge is 2.00. The molecule has 0 atom stereocenters. The predicted molar refractivity (Wildman–Crippen MR) is 37.3 cm³/mol. The fraction of sp³-hybridized carbons (Fsp3) is 0. The maximum atomic E-state index is 8.88. The lowest BCUT2D eigenvalue weighted by molar-refractivity contribution is 0.275. The summed E-state index contributed by atoms with van der Waals surface area (Å²) in [6.45, 7) is 0. The SMILES string of the molecule is Cl.Cl.O=P(O)(O)O.[MgH2]. The van der Waals surface area contributed by atoms with E-state index in [0.29, 0.717) is 0 Å². The molecular weight excluding hydrogens is 190 g/mol. The number of phosphoric acid groups is 1. The Morgan fingerprint density at radius 1 is 1.00 bits per heavy atom. The molecule has 0 aliphatic carbocycles. The molecule has 0 fully saturated rings. The van der Waals surface area contributed by atoms with E-state index in [1.165, 1.54) is 0 Å². The van der Waals surface area contributed by atoms with Gasteiger partial charge in [-0.15, -0.1) is 24.8 Å². The summed E-state index contributed by atoms with van der Waals surface area (Å²) in [5.41, 5.74) is 0. The van der Waals surface area contributed by atoms with E-state index in [4.69, 9.17) is 19.2 Å². The Bertz CT molecular complexity index is 60.2. The lowest BCUT2D eigenvalue weighted by Gasteiger charge is -1.82. The molecule has 0 aromatic heterocycles. The minimum absolute atomic E-state index is 0. The van der Waals surface area contributed by atoms with Crippen molar-refractivity contribution in [2.75, 3.05) is 0 Å². The molecule has 0 aromatic rings. The molecule has 0 aromatic carbocycles. The number of hydrogen-bond donors (Lipinski definition) is 3. The lowest BCUT2D eigenvalue weighted by atomic mass is 15.8. The molecule has 52 valence electrons. The van der Waals surface area contributed by atoms with Gasteiger partial charge in [0.2, 0.25) is 0 Å². The van der Waals surface area contributed by atoms with Gasteiger partial charge in [0.25, 0.3) is 0 Å². The van der Waals surface area contributed by atoms with Gasteiger partial charge < -0.3 is 14.7 Å². The van der Waals surface area contributed by atoms with E-state index in [2.05, 4.69) is 0 Å². The van der Waals surface area contributed by atoms with Crippen LogP contribution in [0.3, 0.4) is 0 Å². The van der Waals surface area contributed by atoms with Crippen LogP contribution >= 0.6 is 32.6 Å². The van der Waals surface area contributed by atoms with Crippen LogP contribution in [0.4, 0.5) is 0 Å². The zero-order valence-corrected chi connectivity index (χ0v) is 5.54. The zero-order valence-electron chi connectivity index (χ0n) is 3.01. The second kappa shape index (κ2) is 8.46. The third-order valence-corrected chi connectivity index (χ3v) is 0. The fourth-order valence-corrected chi connectivity index (χ4v) is 0. The summed E-state index contributed by atoms with van der Waals surface area (Å²) in [4.78, 5) is 21.6. The quantitative estimate of drug-likeness (QED) is 0.344. The molecule has 8 heavy (non-hydrogen) atoms. The van der Waals surface area contributed by atoms with E-state index in [0.717, 1.165) is 0 Å². The van der Waals surface area contributed by atoms with Gasteiger partial charge in [-0.2, -0.15) is 0 Å². The number of rotatable bonds is 0. The summed E-state index contributed by atoms with van der Waals surface area (Å²) in [5, 5.41) is 0. The van der Waals surface area contributed by atoms with Crippen LogP contribution in [0, 0.1) is 0 Å². The van der Waals surface area contributed by atoms with E-state index in [9.17, 15) is 0 Å². The average Bonchev–Trinajstić information content (AvgIpc) is 0.722. The molecule has 8 heteroatoms. The molecule has 0 unspecified atom stereocenters. The van der Waals surface area contributed by atoms with Crippen molar-refractivity contribution in [3.63, 3.8) is 0 Å². The van der Waals surface area contributed by atoms with E-state index >= 15 is 0 Å². The highest BCUT2D eigenvalue weighted by Crippen LogP contribution is 2.25. The van der Waals surface area contributed by atoms with Crippen molar-refractivity contribution in [1.82, 2.24) is 0 Å². The Morgan fingerprint density at radius 2 is 1.00 bits per heavy atom. The molecule has 0 saturated heterocycles. The van der Waals surface area contributed by atoms with Crippen molar-refractivity contribution in [3.05, 3.63) is 0 Å². The molecule has 0 aliphatic rings. The van der Waals surface area contributed by atoms with E-state index in [1.807, 2.05) is 0 Å². The number of hydrogen-bond acceptors (Lipinski definition) is 1. The van der Waals surface area contributed by atoms with Gasteiger partial charge in [-0.05, 0) is 0 Å². The van der Waals surface area contributed by atoms with E-state index < -0.39 is 7.82 Å². The van der Waals surface area contributed by atoms with Crippen molar-refractivity contribution in [2.45, 2.75) is 0 Å². The minimum Gasteiger partial charge on any atom is -0.303 e. The molecule has 0 bridgehead atoms. The van der Waals surface area contributed by atoms with Crippen molar-refractivity contribution < 1.29 is 19.2 Å². The molecular formula is H7Cl2MgO4P. The molecule has 0 spiro atoms. The van der Waals surface area contributed by atoms with Crippen LogP contribution in [-0.4, -0.2) is 37.7 Å². The summed E-state index contributed by atoms with van der Waals surface area (Å²) in [7, 11) is -4.64. The van der Waals surface area contributed by atoms with Crippen LogP contribution in [0.1, 0.15) is 0 Å². The maximum absolute atomic E-state index is 8.88. The Morgan fingerprint density at radius 3 is 1.00 bits per heavy atom. The van der Waals surface area contributed by atoms with Gasteiger partial charge in [0, 0.05) is 0 Å². The van der Waals surface area contributed by atoms with Gasteiger partial charge in [-0.3, -0.25) is 0 Å². The maximum Gasteiger partial charge on any atom is 0.466 e. The highest BCUT2D eigenvalue weighted by molar-refractivity contribution is 7.45. The standard InChI is InChI=1S/2ClH.Mg.H3O4P.2H/c;;;1-5(2,3)4;;/h2*1H;;(H3,1,2,3,4);;. The lowest BCUT2D eigenvalue weighted by Crippen LogP contribution is -1.66. The zero-order chi connectivity index (χ0) is 4.50. The van der Waals surface area contributed by atoms with Gasteiger partial charge in [0.1, 0.15) is 0 Å². The summed E-state index contributed by atoms with van der Waals surface area (Å²) in [6.07, 6.45) is 0. The molecule has 0 amide bonds. The smallest absolute Gasteiger partial charge is 0.303 e. The molecule has 0 saturated carbocycles. The first-order valence-corrected chi connectivity index (χ1v) is 2.35. The van der Waals surface area contributed by atoms with Gasteiger partial charge in [0.05, 0.1) is 0 Å². The van der Waals surface area contributed by atoms with Crippen LogP contribution in [0.2, 0.25) is 0 Å². The first kappa shape index (κ1) is 22.7. The molecule has 0 radical (unpaired) electrons. The van der Waals surface area contributed by atoms with E-state index in [1.54, 1.807) is 0 Å². The van der Waals surface area contributed by atoms with Crippen molar-refractivity contribution >= 4 is 55.7 Å². The normalized spacial score (nSPS) is 7.38. The van der Waals surface area contributed by atoms with Gasteiger partial charge in [-0.25, -0.2) is 4.57 Å². The van der Waals surface area contributed by atoms with Crippen LogP contribution in [0.25, 0.3) is 0 Å². The van der Waals surface area contributed by atoms with Gasteiger partial charge in [0.15, 0.2) is 0 Å². The largest absolute Gasteiger partial charge is 0.466 e. The summed E-state index contributed by atoms with van der Waals surface area (Å²) in [6, 6.07) is 0. The summed E-state index contributed by atoms with van der Waals surface area (Å²) in [5.74, 6) is 0. The van der Waals surface area contributed by atoms with Crippen LogP contribution in [-0.2, 0) is 4.57 Å². The van der Waals surface area contributed by atoms with Gasteiger partial charge >= 0.3 is 30.9 Å². The molecule has 4 nitrogen and oxygen atoms in total. The van der Waals surface area contributed by atoms with Crippen molar-refractivity contribution in [2.24, 2.45) is 0 Å². The predicted octanol–water partition coefficient (Wildman–Crippen LogP) is -1.00. The minimum atomic E-state index is -4.64. The average molecular weight is 197 g/mol. The molecule has 3 N–H and O–H groups in total. The molecule has 0 heterocycles. The van der Waals surface area contributed by atoms with Crippen molar-refractivity contribution in [1.29, 1.82) is 0 Å². The molecule has 0 aliphatic heterocycles. The molecule has 0 rings (SSSR count).